The number of hydrogen-bond acceptors (Lipinski definition) is 3. The van der Waals surface area contributed by atoms with Gasteiger partial charge >= 0.3 is 0 Å². The molecule has 0 amide bonds. The van der Waals surface area contributed by atoms with Crippen LogP contribution >= 0.6 is 0 Å². The molecule has 4 nitrogen and oxygen atoms in total. The Balaban J connectivity index is 2.95. The first-order chi connectivity index (χ1) is 7.60. The minimum Gasteiger partial charge on any atom is -0.497 e. The standard InChI is InChI=1S/C12H17N3O/c1-9(13)12(14-2)15(3)10-5-7-11(16-4)8-6-10/h5-8H,1,13H2,2-4H3/b14-12+. The third kappa shape index (κ3) is 2.53. The van der Waals surface area contributed by atoms with E-state index in [2.05, 4.69) is 11.6 Å². The first-order valence-corrected chi connectivity index (χ1v) is 4.89. The van der Waals surface area contributed by atoms with Gasteiger partial charge in [-0.25, -0.2) is 0 Å². The van der Waals surface area contributed by atoms with Crippen LogP contribution in [0.2, 0.25) is 0 Å². The Hall–Kier alpha value is -1.97. The van der Waals surface area contributed by atoms with Gasteiger partial charge in [-0.05, 0) is 24.3 Å². The fourth-order valence-corrected chi connectivity index (χ4v) is 1.44. The minimum atomic E-state index is 0.445. The van der Waals surface area contributed by atoms with Gasteiger partial charge in [0.05, 0.1) is 12.8 Å². The van der Waals surface area contributed by atoms with Crippen molar-refractivity contribution in [3.8, 4) is 5.75 Å². The molecule has 0 atom stereocenters. The Morgan fingerprint density at radius 3 is 2.31 bits per heavy atom. The third-order valence-corrected chi connectivity index (χ3v) is 2.28. The van der Waals surface area contributed by atoms with E-state index in [1.165, 1.54) is 0 Å². The zero-order chi connectivity index (χ0) is 12.1. The maximum Gasteiger partial charge on any atom is 0.150 e. The van der Waals surface area contributed by atoms with Crippen LogP contribution in [0.3, 0.4) is 0 Å². The quantitative estimate of drug-likeness (QED) is 0.621. The summed E-state index contributed by atoms with van der Waals surface area (Å²) < 4.78 is 5.09. The number of benzene rings is 1. The molecular formula is C12H17N3O. The lowest BCUT2D eigenvalue weighted by Gasteiger charge is -2.21. The van der Waals surface area contributed by atoms with Crippen LogP contribution in [0.15, 0.2) is 41.5 Å². The molecule has 0 aromatic heterocycles. The van der Waals surface area contributed by atoms with Gasteiger partial charge in [-0.15, -0.1) is 0 Å². The van der Waals surface area contributed by atoms with Gasteiger partial charge in [-0.2, -0.15) is 0 Å². The molecule has 0 saturated heterocycles. The van der Waals surface area contributed by atoms with Crippen molar-refractivity contribution in [3.63, 3.8) is 0 Å². The molecule has 0 aliphatic heterocycles. The summed E-state index contributed by atoms with van der Waals surface area (Å²) >= 11 is 0. The second-order valence-electron chi connectivity index (χ2n) is 3.33. The van der Waals surface area contributed by atoms with Crippen molar-refractivity contribution in [1.29, 1.82) is 0 Å². The monoisotopic (exact) mass is 219 g/mol. The summed E-state index contributed by atoms with van der Waals surface area (Å²) in [6.07, 6.45) is 0. The summed E-state index contributed by atoms with van der Waals surface area (Å²) in [5.74, 6) is 1.48. The summed E-state index contributed by atoms with van der Waals surface area (Å²) in [4.78, 5) is 5.97. The van der Waals surface area contributed by atoms with Crippen molar-refractivity contribution >= 4 is 11.5 Å². The third-order valence-electron chi connectivity index (χ3n) is 2.28. The maximum atomic E-state index is 5.65. The molecule has 1 rings (SSSR count). The zero-order valence-corrected chi connectivity index (χ0v) is 9.90. The molecule has 0 aliphatic carbocycles. The molecule has 2 N–H and O–H groups in total. The molecule has 0 saturated carbocycles. The molecule has 0 bridgehead atoms. The van der Waals surface area contributed by atoms with Gasteiger partial charge in [0.25, 0.3) is 0 Å². The zero-order valence-electron chi connectivity index (χ0n) is 9.90. The summed E-state index contributed by atoms with van der Waals surface area (Å²) in [6, 6.07) is 7.65. The molecule has 0 radical (unpaired) electrons. The number of ether oxygens (including phenoxy) is 1. The highest BCUT2D eigenvalue weighted by atomic mass is 16.5. The fourth-order valence-electron chi connectivity index (χ4n) is 1.44. The Bertz CT molecular complexity index is 395. The molecule has 0 fully saturated rings. The predicted molar refractivity (Wildman–Crippen MR) is 68.1 cm³/mol. The smallest absolute Gasteiger partial charge is 0.150 e. The number of rotatable bonds is 3. The highest BCUT2D eigenvalue weighted by Crippen LogP contribution is 2.19. The number of aliphatic imine (C=N–C) groups is 1. The lowest BCUT2D eigenvalue weighted by atomic mass is 10.2. The predicted octanol–water partition coefficient (Wildman–Crippen LogP) is 1.63. The van der Waals surface area contributed by atoms with Crippen LogP contribution in [0, 0.1) is 0 Å². The summed E-state index contributed by atoms with van der Waals surface area (Å²) in [6.45, 7) is 3.69. The largest absolute Gasteiger partial charge is 0.497 e. The average Bonchev–Trinajstić information content (AvgIpc) is 2.29. The first kappa shape index (κ1) is 12.1. The first-order valence-electron chi connectivity index (χ1n) is 4.89. The SMILES string of the molecule is C=C(N)/C(=N\C)N(C)c1ccc(OC)cc1. The van der Waals surface area contributed by atoms with Gasteiger partial charge in [0.15, 0.2) is 0 Å². The summed E-state index contributed by atoms with van der Waals surface area (Å²) in [7, 11) is 5.22. The van der Waals surface area contributed by atoms with Crippen molar-refractivity contribution in [2.45, 2.75) is 0 Å². The second-order valence-corrected chi connectivity index (χ2v) is 3.33. The fraction of sp³-hybridized carbons (Fsp3) is 0.250. The van der Waals surface area contributed by atoms with Crippen molar-refractivity contribution < 1.29 is 4.74 Å². The van der Waals surface area contributed by atoms with E-state index in [0.717, 1.165) is 11.4 Å². The van der Waals surface area contributed by atoms with Gasteiger partial charge in [0, 0.05) is 19.8 Å². The number of anilines is 1. The van der Waals surface area contributed by atoms with Gasteiger partial charge in [0.1, 0.15) is 11.6 Å². The van der Waals surface area contributed by atoms with Crippen LogP contribution in [-0.2, 0) is 0 Å². The van der Waals surface area contributed by atoms with E-state index in [9.17, 15) is 0 Å². The number of nitrogens with two attached hydrogens (primary N) is 1. The highest BCUT2D eigenvalue weighted by molar-refractivity contribution is 6.08. The number of nitrogens with zero attached hydrogens (tertiary/aromatic N) is 2. The lowest BCUT2D eigenvalue weighted by Crippen LogP contribution is -2.30. The van der Waals surface area contributed by atoms with E-state index in [4.69, 9.17) is 10.5 Å². The Labute approximate surface area is 96.0 Å². The van der Waals surface area contributed by atoms with Crippen molar-refractivity contribution in [1.82, 2.24) is 0 Å². The molecule has 0 unspecified atom stereocenters. The Morgan fingerprint density at radius 1 is 1.38 bits per heavy atom. The molecule has 0 spiro atoms. The van der Waals surface area contributed by atoms with Gasteiger partial charge in [-0.3, -0.25) is 4.99 Å². The molecule has 4 heteroatoms. The lowest BCUT2D eigenvalue weighted by molar-refractivity contribution is 0.415. The van der Waals surface area contributed by atoms with Gasteiger partial charge in [0.2, 0.25) is 0 Å². The Kier molecular flexibility index (Phi) is 3.94. The molecule has 16 heavy (non-hydrogen) atoms. The molecule has 0 heterocycles. The van der Waals surface area contributed by atoms with Crippen LogP contribution in [-0.4, -0.2) is 27.0 Å². The topological polar surface area (TPSA) is 50.8 Å². The maximum absolute atomic E-state index is 5.65. The highest BCUT2D eigenvalue weighted by Gasteiger charge is 2.09. The van der Waals surface area contributed by atoms with Crippen molar-refractivity contribution in [2.24, 2.45) is 10.7 Å². The number of amidine groups is 1. The van der Waals surface area contributed by atoms with Gasteiger partial charge < -0.3 is 15.4 Å². The van der Waals surface area contributed by atoms with Crippen molar-refractivity contribution in [3.05, 3.63) is 36.5 Å². The van der Waals surface area contributed by atoms with Gasteiger partial charge in [-0.1, -0.05) is 6.58 Å². The summed E-state index contributed by atoms with van der Waals surface area (Å²) in [5.41, 5.74) is 7.07. The second kappa shape index (κ2) is 5.21. The van der Waals surface area contributed by atoms with Crippen LogP contribution < -0.4 is 15.4 Å². The molecule has 1 aromatic carbocycles. The van der Waals surface area contributed by atoms with E-state index < -0.39 is 0 Å². The van der Waals surface area contributed by atoms with Crippen LogP contribution in [0.4, 0.5) is 5.69 Å². The normalized spacial score (nSPS) is 11.1. The average molecular weight is 219 g/mol. The number of likely N-dealkylation sites (N-methyl/N-ethyl adjacent to an activating group) is 1. The van der Waals surface area contributed by atoms with Crippen molar-refractivity contribution in [2.75, 3.05) is 26.1 Å². The minimum absolute atomic E-state index is 0.445. The molecule has 86 valence electrons. The van der Waals surface area contributed by atoms with E-state index in [1.807, 2.05) is 36.2 Å². The van der Waals surface area contributed by atoms with E-state index in [0.29, 0.717) is 11.5 Å². The summed E-state index contributed by atoms with van der Waals surface area (Å²) in [5, 5.41) is 0. The van der Waals surface area contributed by atoms with E-state index >= 15 is 0 Å². The Morgan fingerprint density at radius 2 is 1.94 bits per heavy atom. The number of methoxy groups -OCH3 is 1. The molecule has 1 aromatic rings. The van der Waals surface area contributed by atoms with E-state index in [1.54, 1.807) is 14.2 Å². The molecule has 0 aliphatic rings. The van der Waals surface area contributed by atoms with Crippen LogP contribution in [0.5, 0.6) is 5.75 Å². The molecular weight excluding hydrogens is 202 g/mol. The van der Waals surface area contributed by atoms with Crippen LogP contribution in [0.25, 0.3) is 0 Å². The van der Waals surface area contributed by atoms with Crippen LogP contribution in [0.1, 0.15) is 0 Å². The number of hydrogen-bond donors (Lipinski definition) is 1. The van der Waals surface area contributed by atoms with E-state index in [-0.39, 0.29) is 0 Å².